The minimum atomic E-state index is -0.0106. The average molecular weight is 371 g/mol. The zero-order chi connectivity index (χ0) is 13.1. The third-order valence-corrected chi connectivity index (χ3v) is 2.90. The predicted octanol–water partition coefficient (Wildman–Crippen LogP) is -1.43. The number of para-hydroxylation sites is 1. The first-order valence-electron chi connectivity index (χ1n) is 5.93. The Hall–Kier alpha value is -1.37. The van der Waals surface area contributed by atoms with Gasteiger partial charge < -0.3 is 29.3 Å². The van der Waals surface area contributed by atoms with Crippen molar-refractivity contribution in [3.63, 3.8) is 0 Å². The van der Waals surface area contributed by atoms with Crippen LogP contribution in [-0.4, -0.2) is 10.5 Å². The van der Waals surface area contributed by atoms with Crippen LogP contribution in [0.4, 0.5) is 5.69 Å². The Morgan fingerprint density at radius 3 is 2.47 bits per heavy atom. The number of aromatic nitrogens is 2. The lowest BCUT2D eigenvalue weighted by Gasteiger charge is -2.10. The van der Waals surface area contributed by atoms with Crippen molar-refractivity contribution < 1.29 is 33.3 Å². The highest BCUT2D eigenvalue weighted by atomic mass is 127. The molecule has 0 aliphatic carbocycles. The van der Waals surface area contributed by atoms with Crippen LogP contribution in [-0.2, 0) is 18.4 Å². The highest BCUT2D eigenvalue weighted by molar-refractivity contribution is 5.92. The molecule has 0 saturated carbocycles. The summed E-state index contributed by atoms with van der Waals surface area (Å²) in [4.78, 5) is 12.0. The standard InChI is InChI=1S/C14H17N3O.HI/c1-11-5-4-6-12(2)14(11)15-13(18)9-17-8-7-16(3)10-17;/h4-8,10H,9H2,1-3H3;1H. The molecule has 102 valence electrons. The number of hydrogen-bond donors (Lipinski definition) is 1. The van der Waals surface area contributed by atoms with Crippen LogP contribution in [0.2, 0.25) is 0 Å². The second-order valence-electron chi connectivity index (χ2n) is 4.57. The second-order valence-corrected chi connectivity index (χ2v) is 4.57. The Morgan fingerprint density at radius 1 is 1.32 bits per heavy atom. The predicted molar refractivity (Wildman–Crippen MR) is 70.2 cm³/mol. The molecular formula is C14H18IN3O. The van der Waals surface area contributed by atoms with Gasteiger partial charge in [0.25, 0.3) is 5.91 Å². The second kappa shape index (κ2) is 6.70. The largest absolute Gasteiger partial charge is 1.00 e. The zero-order valence-corrected chi connectivity index (χ0v) is 13.5. The molecule has 4 nitrogen and oxygen atoms in total. The van der Waals surface area contributed by atoms with Crippen molar-refractivity contribution in [2.75, 3.05) is 5.32 Å². The number of nitrogens with one attached hydrogen (secondary N) is 1. The van der Waals surface area contributed by atoms with Gasteiger partial charge in [0.1, 0.15) is 12.4 Å². The fraction of sp³-hybridized carbons (Fsp3) is 0.286. The molecule has 0 radical (unpaired) electrons. The first kappa shape index (κ1) is 15.7. The molecule has 0 saturated heterocycles. The molecule has 0 aliphatic heterocycles. The number of halogens is 1. The van der Waals surface area contributed by atoms with Crippen LogP contribution in [0.3, 0.4) is 0 Å². The van der Waals surface area contributed by atoms with Crippen LogP contribution in [0.5, 0.6) is 0 Å². The Bertz CT molecular complexity index is 558. The van der Waals surface area contributed by atoms with Crippen molar-refractivity contribution in [3.8, 4) is 0 Å². The summed E-state index contributed by atoms with van der Waals surface area (Å²) in [6.45, 7) is 4.32. The van der Waals surface area contributed by atoms with Crippen LogP contribution in [0, 0.1) is 13.8 Å². The molecule has 0 spiro atoms. The number of aryl methyl sites for hydroxylation is 3. The van der Waals surface area contributed by atoms with E-state index in [1.54, 1.807) is 0 Å². The van der Waals surface area contributed by atoms with E-state index in [0.717, 1.165) is 16.8 Å². The van der Waals surface area contributed by atoms with E-state index in [1.165, 1.54) is 0 Å². The van der Waals surface area contributed by atoms with Crippen molar-refractivity contribution in [3.05, 3.63) is 48.0 Å². The van der Waals surface area contributed by atoms with Crippen molar-refractivity contribution in [2.24, 2.45) is 7.05 Å². The van der Waals surface area contributed by atoms with Gasteiger partial charge in [0, 0.05) is 5.69 Å². The summed E-state index contributed by atoms with van der Waals surface area (Å²) in [6.07, 6.45) is 5.67. The molecule has 1 N–H and O–H groups in total. The summed E-state index contributed by atoms with van der Waals surface area (Å²) >= 11 is 0. The first-order valence-corrected chi connectivity index (χ1v) is 5.93. The lowest BCUT2D eigenvalue weighted by atomic mass is 10.1. The molecule has 0 bridgehead atoms. The molecule has 1 aromatic carbocycles. The highest BCUT2D eigenvalue weighted by Gasteiger charge is 2.10. The van der Waals surface area contributed by atoms with E-state index in [9.17, 15) is 4.79 Å². The molecule has 1 heterocycles. The van der Waals surface area contributed by atoms with Crippen LogP contribution in [0.15, 0.2) is 36.9 Å². The molecule has 1 aromatic heterocycles. The topological polar surface area (TPSA) is 37.9 Å². The fourth-order valence-corrected chi connectivity index (χ4v) is 1.95. The molecule has 0 unspecified atom stereocenters. The number of hydrogen-bond acceptors (Lipinski definition) is 1. The zero-order valence-electron chi connectivity index (χ0n) is 11.4. The number of benzene rings is 1. The molecule has 0 aliphatic rings. The third-order valence-electron chi connectivity index (χ3n) is 2.90. The van der Waals surface area contributed by atoms with Crippen molar-refractivity contribution in [1.82, 2.24) is 4.57 Å². The number of rotatable bonds is 3. The summed E-state index contributed by atoms with van der Waals surface area (Å²) in [5, 5.41) is 2.97. The molecular weight excluding hydrogens is 353 g/mol. The number of anilines is 1. The van der Waals surface area contributed by atoms with Crippen molar-refractivity contribution >= 4 is 11.6 Å². The highest BCUT2D eigenvalue weighted by Crippen LogP contribution is 2.19. The van der Waals surface area contributed by atoms with Gasteiger partial charge in [-0.25, -0.2) is 9.13 Å². The fourth-order valence-electron chi connectivity index (χ4n) is 1.95. The summed E-state index contributed by atoms with van der Waals surface area (Å²) in [5.41, 5.74) is 3.09. The van der Waals surface area contributed by atoms with Gasteiger partial charge in [0.15, 0.2) is 6.54 Å². The van der Waals surface area contributed by atoms with E-state index in [1.807, 2.05) is 66.9 Å². The van der Waals surface area contributed by atoms with E-state index in [-0.39, 0.29) is 29.9 Å². The summed E-state index contributed by atoms with van der Waals surface area (Å²) in [5.74, 6) is -0.0106. The Balaban J connectivity index is 0.00000180. The maximum absolute atomic E-state index is 12.0. The smallest absolute Gasteiger partial charge is 0.266 e. The lowest BCUT2D eigenvalue weighted by molar-refractivity contribution is -0.671. The molecule has 1 amide bonds. The van der Waals surface area contributed by atoms with Gasteiger partial charge in [-0.2, -0.15) is 0 Å². The Morgan fingerprint density at radius 2 is 1.95 bits per heavy atom. The van der Waals surface area contributed by atoms with Gasteiger partial charge in [-0.1, -0.05) is 18.2 Å². The molecule has 5 heteroatoms. The monoisotopic (exact) mass is 371 g/mol. The Labute approximate surface area is 130 Å². The summed E-state index contributed by atoms with van der Waals surface area (Å²) in [7, 11) is 1.93. The normalized spacial score (nSPS) is 9.84. The molecule has 19 heavy (non-hydrogen) atoms. The maximum atomic E-state index is 12.0. The third kappa shape index (κ3) is 4.05. The molecule has 0 atom stereocenters. The van der Waals surface area contributed by atoms with Gasteiger partial charge >= 0.3 is 0 Å². The molecule has 2 rings (SSSR count). The van der Waals surface area contributed by atoms with Crippen LogP contribution in [0.1, 0.15) is 11.1 Å². The maximum Gasteiger partial charge on any atom is 0.266 e. The van der Waals surface area contributed by atoms with E-state index >= 15 is 0 Å². The number of carbonyl (C=O) groups excluding carboxylic acids is 1. The quantitative estimate of drug-likeness (QED) is 0.522. The minimum absolute atomic E-state index is 0. The van der Waals surface area contributed by atoms with Crippen LogP contribution >= 0.6 is 0 Å². The SMILES string of the molecule is Cc1cccc(C)c1NC(=O)Cn1cc[n+](C)c1.[I-]. The van der Waals surface area contributed by atoms with Crippen LogP contribution < -0.4 is 33.9 Å². The number of nitrogens with zero attached hydrogens (tertiary/aromatic N) is 2. The molecule has 0 fully saturated rings. The van der Waals surface area contributed by atoms with Gasteiger partial charge in [-0.05, 0) is 25.0 Å². The number of imidazole rings is 1. The summed E-state index contributed by atoms with van der Waals surface area (Å²) in [6, 6.07) is 5.99. The average Bonchev–Trinajstić information content (AvgIpc) is 2.69. The summed E-state index contributed by atoms with van der Waals surface area (Å²) < 4.78 is 3.76. The Kier molecular flexibility index (Phi) is 5.53. The first-order chi connectivity index (χ1) is 8.56. The van der Waals surface area contributed by atoms with Gasteiger partial charge in [-0.3, -0.25) is 4.79 Å². The van der Waals surface area contributed by atoms with E-state index in [2.05, 4.69) is 5.32 Å². The lowest BCUT2D eigenvalue weighted by Crippen LogP contribution is -3.00. The van der Waals surface area contributed by atoms with Crippen molar-refractivity contribution in [2.45, 2.75) is 20.4 Å². The number of carbonyl (C=O) groups is 1. The van der Waals surface area contributed by atoms with E-state index in [4.69, 9.17) is 0 Å². The van der Waals surface area contributed by atoms with Crippen LogP contribution in [0.25, 0.3) is 0 Å². The van der Waals surface area contributed by atoms with Gasteiger partial charge in [0.05, 0.1) is 7.05 Å². The minimum Gasteiger partial charge on any atom is -1.00 e. The van der Waals surface area contributed by atoms with Crippen molar-refractivity contribution in [1.29, 1.82) is 0 Å². The number of amides is 1. The van der Waals surface area contributed by atoms with Gasteiger partial charge in [-0.15, -0.1) is 0 Å². The molecule has 2 aromatic rings. The van der Waals surface area contributed by atoms with Gasteiger partial charge in [0.2, 0.25) is 6.33 Å². The van der Waals surface area contributed by atoms with E-state index in [0.29, 0.717) is 6.54 Å². The van der Waals surface area contributed by atoms with E-state index < -0.39 is 0 Å².